The zero-order valence-corrected chi connectivity index (χ0v) is 6.48. The lowest BCUT2D eigenvalue weighted by Gasteiger charge is -2.19. The lowest BCUT2D eigenvalue weighted by atomic mass is 9.92. The predicted octanol–water partition coefficient (Wildman–Crippen LogP) is 2.01. The van der Waals surface area contributed by atoms with E-state index in [-0.39, 0.29) is 0 Å². The van der Waals surface area contributed by atoms with E-state index < -0.39 is 0 Å². The molecule has 0 aromatic carbocycles. The van der Waals surface area contributed by atoms with Crippen LogP contribution in [0.15, 0.2) is 36.6 Å². The van der Waals surface area contributed by atoms with Gasteiger partial charge < -0.3 is 0 Å². The second-order valence-corrected chi connectivity index (χ2v) is 3.04. The number of hydrogen-bond acceptors (Lipinski definition) is 0. The Hall–Kier alpha value is -0.980. The first-order valence-electron chi connectivity index (χ1n) is 4.17. The minimum absolute atomic E-state index is 0.416. The van der Waals surface area contributed by atoms with E-state index in [2.05, 4.69) is 35.7 Å². The molecule has 0 saturated heterocycles. The molecular formula is C10H12N. The molecule has 0 bridgehead atoms. The van der Waals surface area contributed by atoms with Gasteiger partial charge in [-0.1, -0.05) is 30.4 Å². The Balaban J connectivity index is 2.13. The molecule has 0 aromatic rings. The molecule has 2 aliphatic rings. The van der Waals surface area contributed by atoms with E-state index in [4.69, 9.17) is 0 Å². The zero-order chi connectivity index (χ0) is 7.52. The van der Waals surface area contributed by atoms with Gasteiger partial charge in [0.2, 0.25) is 0 Å². The summed E-state index contributed by atoms with van der Waals surface area (Å²) in [5.41, 5.74) is 0. The van der Waals surface area contributed by atoms with Crippen LogP contribution in [0, 0.1) is 5.92 Å². The van der Waals surface area contributed by atoms with E-state index in [1.165, 1.54) is 12.8 Å². The van der Waals surface area contributed by atoms with Crippen LogP contribution in [0.4, 0.5) is 0 Å². The minimum atomic E-state index is 0.416. The fraction of sp³-hybridized carbons (Fsp3) is 0.400. The van der Waals surface area contributed by atoms with E-state index in [1.54, 1.807) is 0 Å². The fourth-order valence-corrected chi connectivity index (χ4v) is 1.59. The largest absolute Gasteiger partial charge is 0.285 e. The van der Waals surface area contributed by atoms with Crippen molar-refractivity contribution in [3.63, 3.8) is 0 Å². The quantitative estimate of drug-likeness (QED) is 0.496. The van der Waals surface area contributed by atoms with Crippen molar-refractivity contribution >= 4 is 0 Å². The molecule has 1 aliphatic carbocycles. The van der Waals surface area contributed by atoms with Crippen molar-refractivity contribution in [1.29, 1.82) is 0 Å². The first-order valence-corrected chi connectivity index (χ1v) is 4.17. The molecule has 57 valence electrons. The van der Waals surface area contributed by atoms with Gasteiger partial charge in [0.15, 0.2) is 0 Å². The Morgan fingerprint density at radius 3 is 3.09 bits per heavy atom. The molecular weight excluding hydrogens is 134 g/mol. The summed E-state index contributed by atoms with van der Waals surface area (Å²) in [5, 5.41) is 4.43. The standard InChI is InChI=1S/C10H12N/c1-2-7-10-9(5-1)6-3-4-8-11-10/h1-2,4-5,7-10H,3,6H2. The maximum absolute atomic E-state index is 4.43. The highest BCUT2D eigenvalue weighted by atomic mass is 14.9. The van der Waals surface area contributed by atoms with Gasteiger partial charge in [0.1, 0.15) is 0 Å². The van der Waals surface area contributed by atoms with Crippen molar-refractivity contribution in [3.8, 4) is 0 Å². The van der Waals surface area contributed by atoms with Gasteiger partial charge in [-0.2, -0.15) is 0 Å². The molecule has 11 heavy (non-hydrogen) atoms. The third-order valence-electron chi connectivity index (χ3n) is 2.25. The Bertz CT molecular complexity index is 213. The van der Waals surface area contributed by atoms with Gasteiger partial charge in [0.05, 0.1) is 6.04 Å². The summed E-state index contributed by atoms with van der Waals surface area (Å²) in [4.78, 5) is 0. The molecule has 1 heterocycles. The zero-order valence-electron chi connectivity index (χ0n) is 6.48. The Labute approximate surface area is 67.5 Å². The molecule has 0 fully saturated rings. The summed E-state index contributed by atoms with van der Waals surface area (Å²) in [7, 11) is 0. The first-order chi connectivity index (χ1) is 5.47. The molecule has 1 heteroatoms. The third-order valence-corrected chi connectivity index (χ3v) is 2.25. The van der Waals surface area contributed by atoms with Crippen molar-refractivity contribution in [3.05, 3.63) is 36.6 Å². The summed E-state index contributed by atoms with van der Waals surface area (Å²) in [6, 6.07) is 0.416. The van der Waals surface area contributed by atoms with E-state index in [0.29, 0.717) is 12.0 Å². The van der Waals surface area contributed by atoms with E-state index in [9.17, 15) is 0 Å². The first kappa shape index (κ1) is 6.71. The van der Waals surface area contributed by atoms with Gasteiger partial charge >= 0.3 is 0 Å². The van der Waals surface area contributed by atoms with E-state index in [1.807, 2.05) is 6.20 Å². The molecule has 2 atom stereocenters. The molecule has 1 aliphatic heterocycles. The third kappa shape index (κ3) is 1.37. The highest BCUT2D eigenvalue weighted by Crippen LogP contribution is 2.21. The number of allylic oxidation sites excluding steroid dienone is 3. The minimum Gasteiger partial charge on any atom is -0.285 e. The molecule has 1 nitrogen and oxygen atoms in total. The van der Waals surface area contributed by atoms with Crippen molar-refractivity contribution in [2.45, 2.75) is 18.9 Å². The van der Waals surface area contributed by atoms with Crippen LogP contribution in [0.5, 0.6) is 0 Å². The molecule has 1 radical (unpaired) electrons. The average Bonchev–Trinajstić information content (AvgIpc) is 2.28. The summed E-state index contributed by atoms with van der Waals surface area (Å²) in [6.45, 7) is 0. The number of hydrogen-bond donors (Lipinski definition) is 0. The van der Waals surface area contributed by atoms with E-state index >= 15 is 0 Å². The maximum atomic E-state index is 4.43. The van der Waals surface area contributed by atoms with Crippen LogP contribution < -0.4 is 5.32 Å². The van der Waals surface area contributed by atoms with Crippen LogP contribution in [-0.2, 0) is 0 Å². The molecule has 0 saturated carbocycles. The lowest BCUT2D eigenvalue weighted by molar-refractivity contribution is 0.496. The molecule has 0 spiro atoms. The highest BCUT2D eigenvalue weighted by molar-refractivity contribution is 5.18. The molecule has 0 N–H and O–H groups in total. The van der Waals surface area contributed by atoms with Crippen LogP contribution in [-0.4, -0.2) is 6.04 Å². The fourth-order valence-electron chi connectivity index (χ4n) is 1.59. The predicted molar refractivity (Wildman–Crippen MR) is 46.1 cm³/mol. The van der Waals surface area contributed by atoms with Crippen LogP contribution >= 0.6 is 0 Å². The molecule has 0 amide bonds. The number of rotatable bonds is 0. The number of nitrogens with zero attached hydrogens (tertiary/aromatic N) is 1. The van der Waals surface area contributed by atoms with Crippen LogP contribution in [0.2, 0.25) is 0 Å². The van der Waals surface area contributed by atoms with E-state index in [0.717, 1.165) is 0 Å². The van der Waals surface area contributed by atoms with Gasteiger partial charge in [-0.05, 0) is 12.8 Å². The smallest absolute Gasteiger partial charge is 0.0745 e. The Morgan fingerprint density at radius 1 is 1.18 bits per heavy atom. The van der Waals surface area contributed by atoms with Crippen molar-refractivity contribution in [1.82, 2.24) is 5.32 Å². The normalized spacial score (nSPS) is 34.2. The van der Waals surface area contributed by atoms with Crippen LogP contribution in [0.3, 0.4) is 0 Å². The Kier molecular flexibility index (Phi) is 1.80. The summed E-state index contributed by atoms with van der Waals surface area (Å²) in [6.07, 6.45) is 15.2. The molecule has 0 aromatic heterocycles. The Morgan fingerprint density at radius 2 is 2.09 bits per heavy atom. The SMILES string of the molecule is C1=CC2CCC=C[N]C2C=C1. The van der Waals surface area contributed by atoms with Crippen molar-refractivity contribution in [2.24, 2.45) is 5.92 Å². The summed E-state index contributed by atoms with van der Waals surface area (Å²) < 4.78 is 0. The summed E-state index contributed by atoms with van der Waals surface area (Å²) in [5.74, 6) is 0.648. The topological polar surface area (TPSA) is 14.1 Å². The van der Waals surface area contributed by atoms with Gasteiger partial charge in [0.25, 0.3) is 0 Å². The van der Waals surface area contributed by atoms with Gasteiger partial charge in [-0.15, -0.1) is 0 Å². The van der Waals surface area contributed by atoms with Crippen LogP contribution in [0.1, 0.15) is 12.8 Å². The lowest BCUT2D eigenvalue weighted by Crippen LogP contribution is -2.24. The van der Waals surface area contributed by atoms with Crippen LogP contribution in [0.25, 0.3) is 0 Å². The van der Waals surface area contributed by atoms with Gasteiger partial charge in [0, 0.05) is 12.1 Å². The highest BCUT2D eigenvalue weighted by Gasteiger charge is 2.18. The van der Waals surface area contributed by atoms with Gasteiger partial charge in [-0.25, -0.2) is 0 Å². The second kappa shape index (κ2) is 2.95. The van der Waals surface area contributed by atoms with Crippen molar-refractivity contribution < 1.29 is 0 Å². The number of fused-ring (bicyclic) bond motifs is 1. The average molecular weight is 146 g/mol. The summed E-state index contributed by atoms with van der Waals surface area (Å²) >= 11 is 0. The second-order valence-electron chi connectivity index (χ2n) is 3.04. The van der Waals surface area contributed by atoms with Crippen molar-refractivity contribution in [2.75, 3.05) is 0 Å². The van der Waals surface area contributed by atoms with Gasteiger partial charge in [-0.3, -0.25) is 5.32 Å². The maximum Gasteiger partial charge on any atom is 0.0745 e. The molecule has 2 rings (SSSR count). The molecule has 2 unspecified atom stereocenters. The monoisotopic (exact) mass is 146 g/mol.